The lowest BCUT2D eigenvalue weighted by atomic mass is 10.1. The predicted molar refractivity (Wildman–Crippen MR) is 48.2 cm³/mol. The fourth-order valence-corrected chi connectivity index (χ4v) is 1.29. The van der Waals surface area contributed by atoms with Crippen LogP contribution in [0.3, 0.4) is 0 Å². The van der Waals surface area contributed by atoms with E-state index in [1.54, 1.807) is 6.92 Å². The average Bonchev–Trinajstić information content (AvgIpc) is 2.04. The van der Waals surface area contributed by atoms with E-state index in [1.807, 2.05) is 0 Å². The maximum Gasteiger partial charge on any atom is 0.307 e. The Kier molecular flexibility index (Phi) is 4.18. The van der Waals surface area contributed by atoms with Crippen molar-refractivity contribution in [3.05, 3.63) is 0 Å². The van der Waals surface area contributed by atoms with E-state index < -0.39 is 0 Å². The topological polar surface area (TPSA) is 61.6 Å². The highest BCUT2D eigenvalue weighted by Gasteiger charge is 2.18. The van der Waals surface area contributed by atoms with Crippen molar-refractivity contribution in [1.29, 1.82) is 0 Å². The van der Waals surface area contributed by atoms with E-state index in [0.717, 1.165) is 12.8 Å². The van der Waals surface area contributed by atoms with Crippen molar-refractivity contribution in [2.45, 2.75) is 38.3 Å². The number of carbonyl (C=O) groups excluding carboxylic acids is 1. The summed E-state index contributed by atoms with van der Waals surface area (Å²) in [6, 6.07) is -0.118. The van der Waals surface area contributed by atoms with E-state index in [0.29, 0.717) is 19.6 Å². The molecule has 1 atom stereocenters. The molecule has 2 N–H and O–H groups in total. The lowest BCUT2D eigenvalue weighted by molar-refractivity contribution is -0.153. The summed E-state index contributed by atoms with van der Waals surface area (Å²) in [7, 11) is 0. The first-order valence-electron chi connectivity index (χ1n) is 4.71. The number of ether oxygens (including phenoxy) is 2. The Hall–Kier alpha value is -0.610. The molecule has 0 amide bonds. The molecule has 0 aromatic rings. The molecule has 13 heavy (non-hydrogen) atoms. The summed E-state index contributed by atoms with van der Waals surface area (Å²) in [5.74, 6) is -0.193. The van der Waals surface area contributed by atoms with Crippen LogP contribution in [0.2, 0.25) is 0 Å². The molecule has 4 heteroatoms. The number of nitrogens with two attached hydrogens (primary N) is 1. The van der Waals surface area contributed by atoms with Crippen molar-refractivity contribution in [2.75, 3.05) is 13.2 Å². The zero-order valence-corrected chi connectivity index (χ0v) is 7.99. The van der Waals surface area contributed by atoms with Gasteiger partial charge in [-0.05, 0) is 6.92 Å². The van der Waals surface area contributed by atoms with Gasteiger partial charge in [0.2, 0.25) is 0 Å². The zero-order chi connectivity index (χ0) is 9.68. The van der Waals surface area contributed by atoms with Crippen LogP contribution in [0.1, 0.15) is 26.2 Å². The van der Waals surface area contributed by atoms with Crippen LogP contribution in [-0.2, 0) is 14.3 Å². The van der Waals surface area contributed by atoms with E-state index in [9.17, 15) is 4.79 Å². The standard InChI is InChI=1S/C9H17NO3/c1-7(10)6-9(11)13-8-2-4-12-5-3-8/h7-8H,2-6,10H2,1H3. The second kappa shape index (κ2) is 5.19. The summed E-state index contributed by atoms with van der Waals surface area (Å²) in [6.07, 6.45) is 1.97. The first-order valence-corrected chi connectivity index (χ1v) is 4.71. The fraction of sp³-hybridized carbons (Fsp3) is 0.889. The maximum absolute atomic E-state index is 11.2. The van der Waals surface area contributed by atoms with Crippen LogP contribution in [-0.4, -0.2) is 31.3 Å². The molecular formula is C9H17NO3. The fourth-order valence-electron chi connectivity index (χ4n) is 1.29. The molecule has 4 nitrogen and oxygen atoms in total. The van der Waals surface area contributed by atoms with Gasteiger partial charge >= 0.3 is 5.97 Å². The van der Waals surface area contributed by atoms with Crippen molar-refractivity contribution in [3.63, 3.8) is 0 Å². The monoisotopic (exact) mass is 187 g/mol. The lowest BCUT2D eigenvalue weighted by Crippen LogP contribution is -2.29. The SMILES string of the molecule is CC(N)CC(=O)OC1CCOCC1. The van der Waals surface area contributed by atoms with Crippen molar-refractivity contribution >= 4 is 5.97 Å². The molecular weight excluding hydrogens is 170 g/mol. The first-order chi connectivity index (χ1) is 6.18. The first kappa shape index (κ1) is 10.5. The molecule has 1 aliphatic rings. The summed E-state index contributed by atoms with van der Waals surface area (Å²) >= 11 is 0. The molecule has 1 unspecified atom stereocenters. The molecule has 1 aliphatic heterocycles. The molecule has 1 rings (SSSR count). The van der Waals surface area contributed by atoms with Crippen LogP contribution >= 0.6 is 0 Å². The maximum atomic E-state index is 11.2. The Bertz CT molecular complexity index is 164. The van der Waals surface area contributed by atoms with Crippen LogP contribution < -0.4 is 5.73 Å². The minimum atomic E-state index is -0.193. The van der Waals surface area contributed by atoms with Crippen LogP contribution in [0.25, 0.3) is 0 Å². The Morgan fingerprint density at radius 2 is 2.23 bits per heavy atom. The van der Waals surface area contributed by atoms with Gasteiger partial charge in [0, 0.05) is 18.9 Å². The van der Waals surface area contributed by atoms with E-state index >= 15 is 0 Å². The molecule has 0 bridgehead atoms. The highest BCUT2D eigenvalue weighted by molar-refractivity contribution is 5.70. The van der Waals surface area contributed by atoms with E-state index in [1.165, 1.54) is 0 Å². The molecule has 0 aromatic heterocycles. The van der Waals surface area contributed by atoms with Gasteiger partial charge in [-0.15, -0.1) is 0 Å². The normalized spacial score (nSPS) is 21.1. The molecule has 1 heterocycles. The van der Waals surface area contributed by atoms with Gasteiger partial charge in [-0.2, -0.15) is 0 Å². The van der Waals surface area contributed by atoms with Gasteiger partial charge < -0.3 is 15.2 Å². The van der Waals surface area contributed by atoms with Crippen molar-refractivity contribution < 1.29 is 14.3 Å². The Balaban J connectivity index is 2.18. The summed E-state index contributed by atoms with van der Waals surface area (Å²) in [5.41, 5.74) is 5.47. The van der Waals surface area contributed by atoms with E-state index in [2.05, 4.69) is 0 Å². The molecule has 0 aromatic carbocycles. The Labute approximate surface area is 78.4 Å². The molecule has 1 fully saturated rings. The van der Waals surface area contributed by atoms with Gasteiger partial charge in [-0.1, -0.05) is 0 Å². The van der Waals surface area contributed by atoms with Crippen molar-refractivity contribution in [2.24, 2.45) is 5.73 Å². The van der Waals surface area contributed by atoms with Crippen LogP contribution in [0.5, 0.6) is 0 Å². The largest absolute Gasteiger partial charge is 0.462 e. The highest BCUT2D eigenvalue weighted by atomic mass is 16.6. The Morgan fingerprint density at radius 3 is 2.77 bits per heavy atom. The minimum Gasteiger partial charge on any atom is -0.462 e. The second-order valence-corrected chi connectivity index (χ2v) is 3.48. The number of rotatable bonds is 3. The van der Waals surface area contributed by atoms with Crippen LogP contribution in [0.4, 0.5) is 0 Å². The van der Waals surface area contributed by atoms with Gasteiger partial charge in [0.05, 0.1) is 19.6 Å². The molecule has 1 saturated heterocycles. The van der Waals surface area contributed by atoms with Gasteiger partial charge in [-0.3, -0.25) is 4.79 Å². The Morgan fingerprint density at radius 1 is 1.62 bits per heavy atom. The summed E-state index contributed by atoms with van der Waals surface area (Å²) in [5, 5.41) is 0. The molecule has 0 saturated carbocycles. The molecule has 0 radical (unpaired) electrons. The lowest BCUT2D eigenvalue weighted by Gasteiger charge is -2.22. The van der Waals surface area contributed by atoms with E-state index in [-0.39, 0.29) is 18.1 Å². The second-order valence-electron chi connectivity index (χ2n) is 3.48. The summed E-state index contributed by atoms with van der Waals surface area (Å²) < 4.78 is 10.3. The minimum absolute atomic E-state index is 0.0417. The van der Waals surface area contributed by atoms with Crippen LogP contribution in [0, 0.1) is 0 Å². The zero-order valence-electron chi connectivity index (χ0n) is 7.99. The summed E-state index contributed by atoms with van der Waals surface area (Å²) in [4.78, 5) is 11.2. The molecule has 76 valence electrons. The molecule has 0 aliphatic carbocycles. The van der Waals surface area contributed by atoms with Crippen molar-refractivity contribution in [3.8, 4) is 0 Å². The quantitative estimate of drug-likeness (QED) is 0.651. The van der Waals surface area contributed by atoms with Gasteiger partial charge in [0.15, 0.2) is 0 Å². The van der Waals surface area contributed by atoms with Gasteiger partial charge in [-0.25, -0.2) is 0 Å². The van der Waals surface area contributed by atoms with E-state index in [4.69, 9.17) is 15.2 Å². The third-order valence-electron chi connectivity index (χ3n) is 1.96. The van der Waals surface area contributed by atoms with Gasteiger partial charge in [0.25, 0.3) is 0 Å². The van der Waals surface area contributed by atoms with Gasteiger partial charge in [0.1, 0.15) is 6.10 Å². The predicted octanol–water partition coefficient (Wildman–Crippen LogP) is 0.446. The number of hydrogen-bond donors (Lipinski definition) is 1. The third kappa shape index (κ3) is 4.24. The highest BCUT2D eigenvalue weighted by Crippen LogP contribution is 2.11. The summed E-state index contributed by atoms with van der Waals surface area (Å²) in [6.45, 7) is 3.18. The smallest absolute Gasteiger partial charge is 0.307 e. The number of esters is 1. The number of hydrogen-bond acceptors (Lipinski definition) is 4. The number of carbonyl (C=O) groups is 1. The average molecular weight is 187 g/mol. The van der Waals surface area contributed by atoms with Crippen LogP contribution in [0.15, 0.2) is 0 Å². The third-order valence-corrected chi connectivity index (χ3v) is 1.96. The molecule has 0 spiro atoms. The van der Waals surface area contributed by atoms with Crippen molar-refractivity contribution in [1.82, 2.24) is 0 Å².